The average Bonchev–Trinajstić information content (AvgIpc) is 2.09. The monoisotopic (exact) mass is 280 g/mol. The fourth-order valence-electron chi connectivity index (χ4n) is 0.775. The van der Waals surface area contributed by atoms with Crippen LogP contribution >= 0.6 is 22.6 Å². The fourth-order valence-corrected chi connectivity index (χ4v) is 1.09. The highest BCUT2D eigenvalue weighted by atomic mass is 127. The van der Waals surface area contributed by atoms with Gasteiger partial charge in [-0.05, 0) is 30.7 Å². The molecule has 1 nitrogen and oxygen atoms in total. The molecule has 0 amide bonds. The molecule has 0 saturated carbocycles. The summed E-state index contributed by atoms with van der Waals surface area (Å²) in [4.78, 5) is 0. The first-order valence-electron chi connectivity index (χ1n) is 3.77. The zero-order valence-electron chi connectivity index (χ0n) is 6.59. The summed E-state index contributed by atoms with van der Waals surface area (Å²) in [6, 6.07) is 6.09. The summed E-state index contributed by atoms with van der Waals surface area (Å²) in [5.74, 6) is 0.512. The van der Waals surface area contributed by atoms with Gasteiger partial charge in [0.25, 0.3) is 0 Å². The summed E-state index contributed by atoms with van der Waals surface area (Å²) in [5.41, 5.74) is 0. The van der Waals surface area contributed by atoms with Crippen LogP contribution in [0.4, 0.5) is 4.39 Å². The van der Waals surface area contributed by atoms with Crippen LogP contribution in [-0.4, -0.2) is 11.0 Å². The molecule has 1 aromatic carbocycles. The Morgan fingerprint density at radius 2 is 1.92 bits per heavy atom. The topological polar surface area (TPSA) is 9.23 Å². The van der Waals surface area contributed by atoms with Gasteiger partial charge in [0.1, 0.15) is 11.6 Å². The van der Waals surface area contributed by atoms with Crippen molar-refractivity contribution in [3.63, 3.8) is 0 Å². The molecule has 0 atom stereocenters. The van der Waals surface area contributed by atoms with Gasteiger partial charge in [-0.1, -0.05) is 22.6 Å². The highest BCUT2D eigenvalue weighted by Crippen LogP contribution is 2.11. The maximum atomic E-state index is 12.4. The number of ether oxygens (including phenoxy) is 1. The van der Waals surface area contributed by atoms with E-state index in [9.17, 15) is 4.39 Å². The van der Waals surface area contributed by atoms with Gasteiger partial charge in [-0.25, -0.2) is 4.39 Å². The van der Waals surface area contributed by atoms with Crippen molar-refractivity contribution in [1.29, 1.82) is 0 Å². The number of rotatable bonds is 4. The van der Waals surface area contributed by atoms with Crippen molar-refractivity contribution in [3.05, 3.63) is 30.1 Å². The molecule has 0 fully saturated rings. The van der Waals surface area contributed by atoms with Crippen molar-refractivity contribution in [1.82, 2.24) is 0 Å². The van der Waals surface area contributed by atoms with Crippen LogP contribution in [0.25, 0.3) is 0 Å². The quantitative estimate of drug-likeness (QED) is 0.468. The summed E-state index contributed by atoms with van der Waals surface area (Å²) in [7, 11) is 0. The maximum Gasteiger partial charge on any atom is 0.123 e. The SMILES string of the molecule is Fc1ccc(OCCCI)cc1. The van der Waals surface area contributed by atoms with Crippen molar-refractivity contribution >= 4 is 22.6 Å². The molecule has 1 rings (SSSR count). The van der Waals surface area contributed by atoms with E-state index >= 15 is 0 Å². The molecule has 0 heterocycles. The predicted molar refractivity (Wildman–Crippen MR) is 55.4 cm³/mol. The molecular formula is C9H10FIO. The van der Waals surface area contributed by atoms with Crippen LogP contribution in [0.15, 0.2) is 24.3 Å². The van der Waals surface area contributed by atoms with Crippen molar-refractivity contribution < 1.29 is 9.13 Å². The minimum absolute atomic E-state index is 0.226. The summed E-state index contributed by atoms with van der Waals surface area (Å²) in [6.45, 7) is 0.703. The third-order valence-electron chi connectivity index (χ3n) is 1.36. The van der Waals surface area contributed by atoms with Gasteiger partial charge in [-0.2, -0.15) is 0 Å². The van der Waals surface area contributed by atoms with Gasteiger partial charge in [0.15, 0.2) is 0 Å². The molecular weight excluding hydrogens is 270 g/mol. The molecule has 3 heteroatoms. The molecule has 0 bridgehead atoms. The minimum Gasteiger partial charge on any atom is -0.494 e. The minimum atomic E-state index is -0.226. The van der Waals surface area contributed by atoms with E-state index in [2.05, 4.69) is 22.6 Å². The van der Waals surface area contributed by atoms with E-state index < -0.39 is 0 Å². The number of benzene rings is 1. The Kier molecular flexibility index (Phi) is 4.35. The summed E-state index contributed by atoms with van der Waals surface area (Å²) in [6.07, 6.45) is 1.03. The molecule has 0 spiro atoms. The number of alkyl halides is 1. The Balaban J connectivity index is 2.37. The second-order valence-corrected chi connectivity index (χ2v) is 3.42. The van der Waals surface area contributed by atoms with Gasteiger partial charge in [-0.15, -0.1) is 0 Å². The summed E-state index contributed by atoms with van der Waals surface area (Å²) >= 11 is 2.30. The third-order valence-corrected chi connectivity index (χ3v) is 2.12. The Hall–Kier alpha value is -0.320. The van der Waals surface area contributed by atoms with Gasteiger partial charge >= 0.3 is 0 Å². The molecule has 0 aliphatic heterocycles. The van der Waals surface area contributed by atoms with E-state index in [4.69, 9.17) is 4.74 Å². The van der Waals surface area contributed by atoms with Gasteiger partial charge < -0.3 is 4.74 Å². The van der Waals surface area contributed by atoms with Crippen LogP contribution in [0.3, 0.4) is 0 Å². The Bertz CT molecular complexity index is 222. The van der Waals surface area contributed by atoms with E-state index in [0.717, 1.165) is 16.6 Å². The smallest absolute Gasteiger partial charge is 0.123 e. The lowest BCUT2D eigenvalue weighted by molar-refractivity contribution is 0.319. The Labute approximate surface area is 85.1 Å². The van der Waals surface area contributed by atoms with E-state index in [1.165, 1.54) is 12.1 Å². The Morgan fingerprint density at radius 1 is 1.25 bits per heavy atom. The van der Waals surface area contributed by atoms with Gasteiger partial charge in [0, 0.05) is 4.43 Å². The van der Waals surface area contributed by atoms with Crippen LogP contribution in [0.1, 0.15) is 6.42 Å². The van der Waals surface area contributed by atoms with Crippen LogP contribution in [-0.2, 0) is 0 Å². The zero-order valence-corrected chi connectivity index (χ0v) is 8.75. The molecule has 0 unspecified atom stereocenters. The first-order chi connectivity index (χ1) is 5.83. The average molecular weight is 280 g/mol. The first kappa shape index (κ1) is 9.77. The van der Waals surface area contributed by atoms with Crippen molar-refractivity contribution in [2.75, 3.05) is 11.0 Å². The number of hydrogen-bond acceptors (Lipinski definition) is 1. The molecule has 12 heavy (non-hydrogen) atoms. The van der Waals surface area contributed by atoms with Crippen LogP contribution < -0.4 is 4.74 Å². The number of hydrogen-bond donors (Lipinski definition) is 0. The zero-order chi connectivity index (χ0) is 8.81. The molecule has 0 radical (unpaired) electrons. The predicted octanol–water partition coefficient (Wildman–Crippen LogP) is 3.03. The van der Waals surface area contributed by atoms with Crippen LogP contribution in [0.2, 0.25) is 0 Å². The molecule has 0 N–H and O–H groups in total. The van der Waals surface area contributed by atoms with Gasteiger partial charge in [-0.3, -0.25) is 0 Å². The Morgan fingerprint density at radius 3 is 2.50 bits per heavy atom. The second kappa shape index (κ2) is 5.35. The highest BCUT2D eigenvalue weighted by molar-refractivity contribution is 14.1. The molecule has 1 aromatic rings. The number of halogens is 2. The lowest BCUT2D eigenvalue weighted by atomic mass is 10.3. The normalized spacial score (nSPS) is 9.83. The molecule has 0 saturated heterocycles. The van der Waals surface area contributed by atoms with E-state index in [0.29, 0.717) is 6.61 Å². The van der Waals surface area contributed by atoms with Gasteiger partial charge in [0.05, 0.1) is 6.61 Å². The van der Waals surface area contributed by atoms with E-state index in [1.807, 2.05) is 0 Å². The summed E-state index contributed by atoms with van der Waals surface area (Å²) < 4.78 is 18.8. The molecule has 66 valence electrons. The van der Waals surface area contributed by atoms with Crippen LogP contribution in [0.5, 0.6) is 5.75 Å². The van der Waals surface area contributed by atoms with Crippen molar-refractivity contribution in [2.24, 2.45) is 0 Å². The summed E-state index contributed by atoms with van der Waals surface area (Å²) in [5, 5.41) is 0. The fraction of sp³-hybridized carbons (Fsp3) is 0.333. The molecule has 0 aliphatic carbocycles. The highest BCUT2D eigenvalue weighted by Gasteiger charge is 1.92. The second-order valence-electron chi connectivity index (χ2n) is 2.34. The third kappa shape index (κ3) is 3.38. The van der Waals surface area contributed by atoms with E-state index in [-0.39, 0.29) is 5.82 Å². The van der Waals surface area contributed by atoms with Crippen molar-refractivity contribution in [2.45, 2.75) is 6.42 Å². The lowest BCUT2D eigenvalue weighted by Crippen LogP contribution is -1.97. The lowest BCUT2D eigenvalue weighted by Gasteiger charge is -2.03. The molecule has 0 aromatic heterocycles. The van der Waals surface area contributed by atoms with Crippen LogP contribution in [0, 0.1) is 5.82 Å². The standard InChI is InChI=1S/C9H10FIO/c10-8-2-4-9(5-3-8)12-7-1-6-11/h2-5H,1,6-7H2. The van der Waals surface area contributed by atoms with Crippen molar-refractivity contribution in [3.8, 4) is 5.75 Å². The van der Waals surface area contributed by atoms with Gasteiger partial charge in [0.2, 0.25) is 0 Å². The largest absolute Gasteiger partial charge is 0.494 e. The molecule has 0 aliphatic rings. The van der Waals surface area contributed by atoms with E-state index in [1.54, 1.807) is 12.1 Å². The maximum absolute atomic E-state index is 12.4. The first-order valence-corrected chi connectivity index (χ1v) is 5.30.